The van der Waals surface area contributed by atoms with Crippen LogP contribution < -0.4 is 19.9 Å². The normalized spacial score (nSPS) is 12.0. The average molecular weight is 253 g/mol. The summed E-state index contributed by atoms with van der Waals surface area (Å²) in [5.74, 6) is 2.41. The molecular formula is C14H23NO3. The minimum absolute atomic E-state index is 0.516. The van der Waals surface area contributed by atoms with E-state index in [4.69, 9.17) is 19.9 Å². The lowest BCUT2D eigenvalue weighted by molar-refractivity contribution is 0.251. The van der Waals surface area contributed by atoms with Crippen LogP contribution in [0.4, 0.5) is 5.69 Å². The van der Waals surface area contributed by atoms with E-state index in [-0.39, 0.29) is 0 Å². The smallest absolute Gasteiger partial charge is 0.164 e. The first-order valence-electron chi connectivity index (χ1n) is 6.26. The molecule has 0 aromatic heterocycles. The standard InChI is InChI=1S/C14H23NO3/c1-5-6-10(2)9-18-12-8-14(17-4)13(16-3)7-11(12)15/h7-8,10H,5-6,9,15H2,1-4H3. The zero-order valence-electron chi connectivity index (χ0n) is 11.7. The van der Waals surface area contributed by atoms with Crippen molar-refractivity contribution < 1.29 is 14.2 Å². The maximum atomic E-state index is 5.92. The van der Waals surface area contributed by atoms with Crippen LogP contribution in [0.25, 0.3) is 0 Å². The monoisotopic (exact) mass is 253 g/mol. The fourth-order valence-electron chi connectivity index (χ4n) is 1.81. The Morgan fingerprint density at radius 2 is 1.72 bits per heavy atom. The number of anilines is 1. The predicted octanol–water partition coefficient (Wildman–Crippen LogP) is 3.10. The van der Waals surface area contributed by atoms with Crippen molar-refractivity contribution in [3.8, 4) is 17.2 Å². The largest absolute Gasteiger partial charge is 0.493 e. The zero-order chi connectivity index (χ0) is 13.5. The van der Waals surface area contributed by atoms with Crippen molar-refractivity contribution in [2.45, 2.75) is 26.7 Å². The van der Waals surface area contributed by atoms with E-state index in [1.165, 1.54) is 0 Å². The summed E-state index contributed by atoms with van der Waals surface area (Å²) in [6.07, 6.45) is 2.30. The van der Waals surface area contributed by atoms with Crippen molar-refractivity contribution in [3.63, 3.8) is 0 Å². The summed E-state index contributed by atoms with van der Waals surface area (Å²) >= 11 is 0. The predicted molar refractivity (Wildman–Crippen MR) is 73.5 cm³/mol. The van der Waals surface area contributed by atoms with Crippen molar-refractivity contribution in [2.24, 2.45) is 5.92 Å². The number of ether oxygens (including phenoxy) is 3. The second kappa shape index (κ2) is 6.99. The molecule has 0 spiro atoms. The molecule has 0 saturated heterocycles. The van der Waals surface area contributed by atoms with Gasteiger partial charge in [0.1, 0.15) is 5.75 Å². The fraction of sp³-hybridized carbons (Fsp3) is 0.571. The molecule has 1 rings (SSSR count). The number of nitrogen functional groups attached to an aromatic ring is 1. The highest BCUT2D eigenvalue weighted by Crippen LogP contribution is 2.36. The molecule has 1 unspecified atom stereocenters. The highest BCUT2D eigenvalue weighted by Gasteiger charge is 2.11. The molecule has 0 bridgehead atoms. The summed E-state index contributed by atoms with van der Waals surface area (Å²) in [5.41, 5.74) is 6.49. The van der Waals surface area contributed by atoms with Gasteiger partial charge in [-0.15, -0.1) is 0 Å². The van der Waals surface area contributed by atoms with Crippen LogP contribution in [0.5, 0.6) is 17.2 Å². The van der Waals surface area contributed by atoms with Gasteiger partial charge in [0.15, 0.2) is 11.5 Å². The first-order valence-corrected chi connectivity index (χ1v) is 6.26. The molecular weight excluding hydrogens is 230 g/mol. The van der Waals surface area contributed by atoms with Crippen LogP contribution in [0.1, 0.15) is 26.7 Å². The summed E-state index contributed by atoms with van der Waals surface area (Å²) in [5, 5.41) is 0. The Morgan fingerprint density at radius 1 is 1.11 bits per heavy atom. The molecule has 0 fully saturated rings. The van der Waals surface area contributed by atoms with Gasteiger partial charge in [-0.25, -0.2) is 0 Å². The molecule has 0 aliphatic heterocycles. The zero-order valence-corrected chi connectivity index (χ0v) is 11.7. The second-order valence-electron chi connectivity index (χ2n) is 4.45. The van der Waals surface area contributed by atoms with E-state index in [1.807, 2.05) is 0 Å². The fourth-order valence-corrected chi connectivity index (χ4v) is 1.81. The van der Waals surface area contributed by atoms with Crippen LogP contribution in [0.2, 0.25) is 0 Å². The van der Waals surface area contributed by atoms with Gasteiger partial charge in [0, 0.05) is 12.1 Å². The third kappa shape index (κ3) is 3.72. The Morgan fingerprint density at radius 3 is 2.28 bits per heavy atom. The van der Waals surface area contributed by atoms with Gasteiger partial charge in [-0.2, -0.15) is 0 Å². The molecule has 0 radical (unpaired) electrons. The second-order valence-corrected chi connectivity index (χ2v) is 4.45. The molecule has 4 nitrogen and oxygen atoms in total. The van der Waals surface area contributed by atoms with E-state index in [0.29, 0.717) is 35.5 Å². The minimum atomic E-state index is 0.516. The molecule has 0 aliphatic rings. The Hall–Kier alpha value is -1.58. The quantitative estimate of drug-likeness (QED) is 0.759. The van der Waals surface area contributed by atoms with Gasteiger partial charge < -0.3 is 19.9 Å². The lowest BCUT2D eigenvalue weighted by Gasteiger charge is -2.16. The van der Waals surface area contributed by atoms with Crippen molar-refractivity contribution >= 4 is 5.69 Å². The summed E-state index contributed by atoms with van der Waals surface area (Å²) < 4.78 is 16.1. The highest BCUT2D eigenvalue weighted by atomic mass is 16.5. The average Bonchev–Trinajstić information content (AvgIpc) is 2.37. The van der Waals surface area contributed by atoms with Crippen molar-refractivity contribution in [1.29, 1.82) is 0 Å². The number of rotatable bonds is 7. The van der Waals surface area contributed by atoms with Crippen molar-refractivity contribution in [3.05, 3.63) is 12.1 Å². The molecule has 4 heteroatoms. The van der Waals surface area contributed by atoms with E-state index in [2.05, 4.69) is 13.8 Å². The van der Waals surface area contributed by atoms with E-state index in [1.54, 1.807) is 26.4 Å². The van der Waals surface area contributed by atoms with Gasteiger partial charge in [0.2, 0.25) is 0 Å². The molecule has 0 heterocycles. The van der Waals surface area contributed by atoms with Crippen LogP contribution >= 0.6 is 0 Å². The molecule has 1 atom stereocenters. The van der Waals surface area contributed by atoms with Crippen LogP contribution in [-0.2, 0) is 0 Å². The topological polar surface area (TPSA) is 53.7 Å². The molecule has 18 heavy (non-hydrogen) atoms. The lowest BCUT2D eigenvalue weighted by atomic mass is 10.1. The first-order chi connectivity index (χ1) is 8.62. The number of hydrogen-bond donors (Lipinski definition) is 1. The van der Waals surface area contributed by atoms with Crippen LogP contribution in [-0.4, -0.2) is 20.8 Å². The number of nitrogens with two attached hydrogens (primary N) is 1. The maximum Gasteiger partial charge on any atom is 0.164 e. The maximum absolute atomic E-state index is 5.92. The molecule has 1 aromatic carbocycles. The number of hydrogen-bond acceptors (Lipinski definition) is 4. The van der Waals surface area contributed by atoms with Gasteiger partial charge in [-0.3, -0.25) is 0 Å². The minimum Gasteiger partial charge on any atom is -0.493 e. The summed E-state index contributed by atoms with van der Waals surface area (Å²) in [6.45, 7) is 5.00. The van der Waals surface area contributed by atoms with E-state index in [9.17, 15) is 0 Å². The lowest BCUT2D eigenvalue weighted by Crippen LogP contribution is -2.09. The molecule has 0 amide bonds. The third-order valence-electron chi connectivity index (χ3n) is 2.82. The molecule has 2 N–H and O–H groups in total. The third-order valence-corrected chi connectivity index (χ3v) is 2.82. The van der Waals surface area contributed by atoms with Gasteiger partial charge in [-0.05, 0) is 12.3 Å². The van der Waals surface area contributed by atoms with Crippen LogP contribution in [0, 0.1) is 5.92 Å². The van der Waals surface area contributed by atoms with Crippen LogP contribution in [0.15, 0.2) is 12.1 Å². The molecule has 0 aliphatic carbocycles. The highest BCUT2D eigenvalue weighted by molar-refractivity contribution is 5.61. The van der Waals surface area contributed by atoms with Crippen LogP contribution in [0.3, 0.4) is 0 Å². The van der Waals surface area contributed by atoms with E-state index in [0.717, 1.165) is 12.8 Å². The SMILES string of the molecule is CCCC(C)COc1cc(OC)c(OC)cc1N. The van der Waals surface area contributed by atoms with Gasteiger partial charge in [-0.1, -0.05) is 20.3 Å². The molecule has 1 aromatic rings. The van der Waals surface area contributed by atoms with E-state index < -0.39 is 0 Å². The van der Waals surface area contributed by atoms with Gasteiger partial charge in [0.25, 0.3) is 0 Å². The molecule has 0 saturated carbocycles. The Bertz CT molecular complexity index is 380. The molecule has 102 valence electrons. The van der Waals surface area contributed by atoms with Crippen molar-refractivity contribution in [2.75, 3.05) is 26.6 Å². The number of benzene rings is 1. The summed E-state index contributed by atoms with van der Waals surface area (Å²) in [4.78, 5) is 0. The first kappa shape index (κ1) is 14.5. The van der Waals surface area contributed by atoms with Crippen molar-refractivity contribution in [1.82, 2.24) is 0 Å². The Balaban J connectivity index is 2.76. The Labute approximate surface area is 109 Å². The number of methoxy groups -OCH3 is 2. The summed E-state index contributed by atoms with van der Waals surface area (Å²) in [6, 6.07) is 3.49. The Kier molecular flexibility index (Phi) is 5.62. The summed E-state index contributed by atoms with van der Waals surface area (Å²) in [7, 11) is 3.18. The van der Waals surface area contributed by atoms with Gasteiger partial charge in [0.05, 0.1) is 26.5 Å². The van der Waals surface area contributed by atoms with Gasteiger partial charge >= 0.3 is 0 Å². The van der Waals surface area contributed by atoms with E-state index >= 15 is 0 Å².